The molecule has 0 heterocycles. The molecule has 0 nitrogen and oxygen atoms in total. The summed E-state index contributed by atoms with van der Waals surface area (Å²) < 4.78 is -0.0984. The maximum atomic E-state index is 5.43. The van der Waals surface area contributed by atoms with Crippen LogP contribution in [-0.4, -0.2) is 15.7 Å². The molecule has 0 aliphatic carbocycles. The monoisotopic (exact) mass is 176 g/mol. The Bertz CT molecular complexity index is 39.9. The third-order valence-electron chi connectivity index (χ3n) is 0.333. The van der Waals surface area contributed by atoms with Crippen molar-refractivity contribution in [1.29, 1.82) is 0 Å². The molecule has 0 radical (unpaired) electrons. The van der Waals surface area contributed by atoms with Crippen molar-refractivity contribution in [3.8, 4) is 0 Å². The summed E-state index contributed by atoms with van der Waals surface area (Å²) in [5.41, 5.74) is 0. The molecule has 0 aromatic carbocycles. The van der Waals surface area contributed by atoms with Crippen LogP contribution in [0, 0.1) is 0 Å². The van der Waals surface area contributed by atoms with E-state index in [0.717, 1.165) is 5.75 Å². The van der Waals surface area contributed by atoms with E-state index in [2.05, 4.69) is 12.6 Å². The number of thiol groups is 1. The first-order valence-electron chi connectivity index (χ1n) is 1.77. The van der Waals surface area contributed by atoms with E-state index in [1.54, 1.807) is 0 Å². The normalized spacial score (nSPS) is 14.1. The maximum absolute atomic E-state index is 5.43. The van der Waals surface area contributed by atoms with Gasteiger partial charge < -0.3 is 0 Å². The van der Waals surface area contributed by atoms with Gasteiger partial charge >= 0.3 is 0 Å². The first-order valence-corrected chi connectivity index (χ1v) is 4.30. The third-order valence-corrected chi connectivity index (χ3v) is 2.29. The molecule has 44 valence electrons. The Hall–Kier alpha value is 1.28. The Morgan fingerprint density at radius 3 is 2.43 bits per heavy atom. The highest BCUT2D eigenvalue weighted by atomic mass is 35.5. The molecule has 0 aromatic heterocycles. The molecule has 0 fully saturated rings. The number of halogens is 2. The molecule has 0 bridgehead atoms. The number of alkyl halides is 2. The standard InChI is InChI=1S/C3H6Cl2S2/c4-1-2-7-3(5)6/h3,6H,1-2H2. The van der Waals surface area contributed by atoms with Crippen molar-refractivity contribution in [2.75, 3.05) is 11.6 Å². The van der Waals surface area contributed by atoms with Gasteiger partial charge in [0.15, 0.2) is 0 Å². The molecule has 1 unspecified atom stereocenters. The van der Waals surface area contributed by atoms with E-state index in [4.69, 9.17) is 23.2 Å². The van der Waals surface area contributed by atoms with Gasteiger partial charge in [-0.1, -0.05) is 11.6 Å². The van der Waals surface area contributed by atoms with Crippen LogP contribution >= 0.6 is 47.6 Å². The fourth-order valence-electron chi connectivity index (χ4n) is 0.142. The third kappa shape index (κ3) is 7.28. The van der Waals surface area contributed by atoms with Crippen LogP contribution in [0.5, 0.6) is 0 Å². The Balaban J connectivity index is 2.68. The quantitative estimate of drug-likeness (QED) is 0.392. The van der Waals surface area contributed by atoms with Crippen molar-refractivity contribution in [3.05, 3.63) is 0 Å². The first kappa shape index (κ1) is 8.28. The van der Waals surface area contributed by atoms with E-state index >= 15 is 0 Å². The molecule has 0 spiro atoms. The lowest BCUT2D eigenvalue weighted by Crippen LogP contribution is -1.82. The van der Waals surface area contributed by atoms with Crippen LogP contribution in [0.3, 0.4) is 0 Å². The van der Waals surface area contributed by atoms with E-state index in [0.29, 0.717) is 5.88 Å². The van der Waals surface area contributed by atoms with Crippen LogP contribution in [-0.2, 0) is 0 Å². The fraction of sp³-hybridized carbons (Fsp3) is 1.00. The Kier molecular flexibility index (Phi) is 6.41. The Labute approximate surface area is 63.4 Å². The number of rotatable bonds is 3. The fourth-order valence-corrected chi connectivity index (χ4v) is 1.28. The predicted molar refractivity (Wildman–Crippen MR) is 41.8 cm³/mol. The van der Waals surface area contributed by atoms with Gasteiger partial charge in [0.05, 0.1) is 0 Å². The Morgan fingerprint density at radius 2 is 2.29 bits per heavy atom. The predicted octanol–water partition coefficient (Wildman–Crippen LogP) is 2.41. The SMILES string of the molecule is SC(Cl)SCCCl. The average Bonchev–Trinajstić information content (AvgIpc) is 1.61. The lowest BCUT2D eigenvalue weighted by Gasteiger charge is -1.95. The zero-order valence-corrected chi connectivity index (χ0v) is 6.83. The van der Waals surface area contributed by atoms with Gasteiger partial charge in [-0.05, 0) is 0 Å². The van der Waals surface area contributed by atoms with E-state index in [1.165, 1.54) is 11.8 Å². The van der Waals surface area contributed by atoms with Crippen LogP contribution in [0.15, 0.2) is 0 Å². The summed E-state index contributed by atoms with van der Waals surface area (Å²) in [4.78, 5) is 0. The van der Waals surface area contributed by atoms with Gasteiger partial charge in [0.1, 0.15) is 4.04 Å². The minimum Gasteiger partial charge on any atom is -0.149 e. The highest BCUT2D eigenvalue weighted by molar-refractivity contribution is 8.12. The zero-order valence-electron chi connectivity index (χ0n) is 3.60. The second-order valence-corrected chi connectivity index (χ2v) is 4.31. The molecule has 0 rings (SSSR count). The van der Waals surface area contributed by atoms with Crippen LogP contribution in [0.1, 0.15) is 0 Å². The summed E-state index contributed by atoms with van der Waals surface area (Å²) in [5, 5.41) is 0. The molecule has 0 aliphatic heterocycles. The van der Waals surface area contributed by atoms with E-state index in [-0.39, 0.29) is 4.04 Å². The zero-order chi connectivity index (χ0) is 5.70. The molecule has 0 aromatic rings. The summed E-state index contributed by atoms with van der Waals surface area (Å²) in [5.74, 6) is 1.52. The van der Waals surface area contributed by atoms with Gasteiger partial charge in [-0.25, -0.2) is 0 Å². The minimum absolute atomic E-state index is 0.0984. The van der Waals surface area contributed by atoms with Gasteiger partial charge in [0.2, 0.25) is 0 Å². The van der Waals surface area contributed by atoms with Crippen LogP contribution < -0.4 is 0 Å². The van der Waals surface area contributed by atoms with Gasteiger partial charge in [0.25, 0.3) is 0 Å². The lowest BCUT2D eigenvalue weighted by atomic mass is 11.0. The average molecular weight is 177 g/mol. The lowest BCUT2D eigenvalue weighted by molar-refractivity contribution is 1.53. The second kappa shape index (κ2) is 5.42. The van der Waals surface area contributed by atoms with Gasteiger partial charge in [-0.15, -0.1) is 36.0 Å². The largest absolute Gasteiger partial charge is 0.149 e. The molecule has 0 aliphatic rings. The van der Waals surface area contributed by atoms with Crippen molar-refractivity contribution in [2.45, 2.75) is 4.04 Å². The molecule has 4 heteroatoms. The van der Waals surface area contributed by atoms with Crippen LogP contribution in [0.4, 0.5) is 0 Å². The molecule has 7 heavy (non-hydrogen) atoms. The van der Waals surface area contributed by atoms with E-state index in [9.17, 15) is 0 Å². The molecule has 1 atom stereocenters. The summed E-state index contributed by atoms with van der Waals surface area (Å²) in [6.45, 7) is 0. The van der Waals surface area contributed by atoms with Gasteiger partial charge in [-0.2, -0.15) is 0 Å². The number of hydrogen-bond donors (Lipinski definition) is 1. The molecular formula is C3H6Cl2S2. The molecular weight excluding hydrogens is 171 g/mol. The molecule has 0 N–H and O–H groups in total. The topological polar surface area (TPSA) is 0 Å². The summed E-state index contributed by atoms with van der Waals surface area (Å²) in [7, 11) is 0. The van der Waals surface area contributed by atoms with Crippen molar-refractivity contribution < 1.29 is 0 Å². The van der Waals surface area contributed by atoms with E-state index < -0.39 is 0 Å². The minimum atomic E-state index is -0.0984. The smallest absolute Gasteiger partial charge is 0.122 e. The summed E-state index contributed by atoms with van der Waals surface area (Å²) >= 11 is 16.2. The number of hydrogen-bond acceptors (Lipinski definition) is 2. The summed E-state index contributed by atoms with van der Waals surface area (Å²) in [6.07, 6.45) is 0. The Morgan fingerprint density at radius 1 is 1.71 bits per heavy atom. The highest BCUT2D eigenvalue weighted by Gasteiger charge is 1.92. The highest BCUT2D eigenvalue weighted by Crippen LogP contribution is 2.17. The molecule has 0 saturated carbocycles. The molecule has 0 amide bonds. The van der Waals surface area contributed by atoms with Crippen molar-refractivity contribution in [2.24, 2.45) is 0 Å². The van der Waals surface area contributed by atoms with Crippen molar-refractivity contribution >= 4 is 47.6 Å². The molecule has 0 saturated heterocycles. The van der Waals surface area contributed by atoms with Gasteiger partial charge in [-0.3, -0.25) is 0 Å². The van der Waals surface area contributed by atoms with Gasteiger partial charge in [0, 0.05) is 11.6 Å². The van der Waals surface area contributed by atoms with Crippen molar-refractivity contribution in [1.82, 2.24) is 0 Å². The summed E-state index contributed by atoms with van der Waals surface area (Å²) in [6, 6.07) is 0. The first-order chi connectivity index (χ1) is 3.27. The van der Waals surface area contributed by atoms with Crippen LogP contribution in [0.25, 0.3) is 0 Å². The van der Waals surface area contributed by atoms with E-state index in [1.807, 2.05) is 0 Å². The number of thioether (sulfide) groups is 1. The van der Waals surface area contributed by atoms with Crippen LogP contribution in [0.2, 0.25) is 0 Å². The maximum Gasteiger partial charge on any atom is 0.122 e. The second-order valence-electron chi connectivity index (χ2n) is 0.852. The van der Waals surface area contributed by atoms with Crippen molar-refractivity contribution in [3.63, 3.8) is 0 Å².